The fraction of sp³-hybridized carbons (Fsp3) is 0.200. The molecule has 1 amide bonds. The van der Waals surface area contributed by atoms with Crippen LogP contribution in [0.25, 0.3) is 22.2 Å². The number of nitrogens with zero attached hydrogens (tertiary/aromatic N) is 2. The van der Waals surface area contributed by atoms with Gasteiger partial charge in [-0.2, -0.15) is 17.5 Å². The van der Waals surface area contributed by atoms with E-state index in [0.717, 1.165) is 28.6 Å². The first-order chi connectivity index (χ1) is 17.9. The average molecular weight is 550 g/mol. The first-order valence-electron chi connectivity index (χ1n) is 11.3. The lowest BCUT2D eigenvalue weighted by Gasteiger charge is -2.37. The number of fused-ring (bicyclic) bond motifs is 1. The van der Waals surface area contributed by atoms with Gasteiger partial charge in [0.1, 0.15) is 23.2 Å². The zero-order chi connectivity index (χ0) is 27.2. The number of furan rings is 1. The number of carbonyl (C=O) groups excluding carboxylic acids is 1. The third-order valence-electron chi connectivity index (χ3n) is 6.18. The smallest absolute Gasteiger partial charge is 0.416 e. The molecule has 8 nitrogen and oxygen atoms in total. The van der Waals surface area contributed by atoms with E-state index in [-0.39, 0.29) is 41.7 Å². The van der Waals surface area contributed by atoms with E-state index < -0.39 is 50.4 Å². The minimum Gasteiger partial charge on any atom is -0.507 e. The van der Waals surface area contributed by atoms with Crippen LogP contribution in [-0.2, 0) is 27.5 Å². The van der Waals surface area contributed by atoms with Crippen LogP contribution in [0.3, 0.4) is 0 Å². The van der Waals surface area contributed by atoms with Gasteiger partial charge in [0, 0.05) is 36.3 Å². The lowest BCUT2D eigenvalue weighted by atomic mass is 10.0. The highest BCUT2D eigenvalue weighted by Gasteiger charge is 2.44. The second-order valence-corrected chi connectivity index (χ2v) is 10.5. The monoisotopic (exact) mass is 549 g/mol. The topological polar surface area (TPSA) is 113 Å². The van der Waals surface area contributed by atoms with Crippen LogP contribution in [0.2, 0.25) is 0 Å². The number of carbonyl (C=O) groups is 1. The number of aromatic nitrogens is 1. The molecule has 1 atom stereocenters. The van der Waals surface area contributed by atoms with Crippen LogP contribution < -0.4 is 5.32 Å². The van der Waals surface area contributed by atoms with Crippen LogP contribution in [0, 0.1) is 5.82 Å². The highest BCUT2D eigenvalue weighted by atomic mass is 32.2. The van der Waals surface area contributed by atoms with Gasteiger partial charge in [0.05, 0.1) is 11.3 Å². The zero-order valence-corrected chi connectivity index (χ0v) is 20.2. The van der Waals surface area contributed by atoms with E-state index in [9.17, 15) is 35.9 Å². The van der Waals surface area contributed by atoms with Crippen LogP contribution in [0.15, 0.2) is 70.3 Å². The number of nitrogens with one attached hydrogen (secondary N) is 1. The number of phenols is 1. The van der Waals surface area contributed by atoms with Crippen molar-refractivity contribution in [3.63, 3.8) is 0 Å². The number of amides is 1. The Labute approximate surface area is 213 Å². The summed E-state index contributed by atoms with van der Waals surface area (Å²) < 4.78 is 84.5. The summed E-state index contributed by atoms with van der Waals surface area (Å²) in [7, 11) is -4.15. The summed E-state index contributed by atoms with van der Waals surface area (Å²) in [4.78, 5) is 16.9. The van der Waals surface area contributed by atoms with Crippen molar-refractivity contribution in [1.29, 1.82) is 0 Å². The molecule has 0 unspecified atom stereocenters. The second-order valence-electron chi connectivity index (χ2n) is 8.66. The maximum Gasteiger partial charge on any atom is 0.416 e. The van der Waals surface area contributed by atoms with Crippen LogP contribution in [-0.4, -0.2) is 41.3 Å². The van der Waals surface area contributed by atoms with Crippen molar-refractivity contribution >= 4 is 26.9 Å². The lowest BCUT2D eigenvalue weighted by Crippen LogP contribution is -2.57. The van der Waals surface area contributed by atoms with Crippen molar-refractivity contribution in [2.45, 2.75) is 30.3 Å². The summed E-state index contributed by atoms with van der Waals surface area (Å²) in [6.45, 7) is 0.0719. The summed E-state index contributed by atoms with van der Waals surface area (Å²) in [6.07, 6.45) is -2.96. The maximum absolute atomic E-state index is 13.5. The van der Waals surface area contributed by atoms with Crippen LogP contribution >= 0.6 is 0 Å². The molecule has 38 heavy (non-hydrogen) atoms. The maximum atomic E-state index is 13.5. The summed E-state index contributed by atoms with van der Waals surface area (Å²) in [5.41, 5.74) is -0.0166. The highest BCUT2D eigenvalue weighted by Crippen LogP contribution is 2.36. The summed E-state index contributed by atoms with van der Waals surface area (Å²) >= 11 is 0. The molecule has 1 fully saturated rings. The first-order valence-corrected chi connectivity index (χ1v) is 12.7. The molecule has 2 aromatic heterocycles. The molecule has 198 valence electrons. The summed E-state index contributed by atoms with van der Waals surface area (Å²) in [5.74, 6) is -1.70. The predicted octanol–water partition coefficient (Wildman–Crippen LogP) is 4.44. The van der Waals surface area contributed by atoms with E-state index in [1.54, 1.807) is 6.07 Å². The Balaban J connectivity index is 1.27. The fourth-order valence-corrected chi connectivity index (χ4v) is 5.69. The van der Waals surface area contributed by atoms with Crippen LogP contribution in [0.5, 0.6) is 5.75 Å². The number of hydrogen-bond acceptors (Lipinski definition) is 6. The van der Waals surface area contributed by atoms with E-state index in [1.807, 2.05) is 0 Å². The normalized spacial score (nSPS) is 16.4. The number of hydrogen-bond donors (Lipinski definition) is 2. The molecule has 4 aromatic rings. The molecule has 5 rings (SSSR count). The molecule has 0 bridgehead atoms. The highest BCUT2D eigenvalue weighted by molar-refractivity contribution is 7.89. The molecule has 0 radical (unpaired) electrons. The van der Waals surface area contributed by atoms with Gasteiger partial charge in [0.15, 0.2) is 0 Å². The number of phenolic OH excluding ortho intramolecular Hbond substituents is 1. The molecule has 13 heteroatoms. The fourth-order valence-electron chi connectivity index (χ4n) is 4.11. The Morgan fingerprint density at radius 2 is 1.92 bits per heavy atom. The molecule has 0 spiro atoms. The van der Waals surface area contributed by atoms with Crippen LogP contribution in [0.4, 0.5) is 17.6 Å². The van der Waals surface area contributed by atoms with Gasteiger partial charge in [-0.05, 0) is 60.5 Å². The van der Waals surface area contributed by atoms with Crippen molar-refractivity contribution in [2.24, 2.45) is 0 Å². The standard InChI is InChI=1S/C25H19F4N3O5S/c26-17-2-4-22-15(10-17)11-23(37-22)38(35,36)32-8-6-20(32)24(34)31-13-14-5-7-30-19(9-14)18-3-1-16(12-21(18)33)25(27,28)29/h1-5,7,9-12,20,33H,6,8,13H2,(H,31,34)/t20-/m0/s1. The molecule has 1 saturated heterocycles. The first kappa shape index (κ1) is 25.7. The van der Waals surface area contributed by atoms with E-state index in [1.165, 1.54) is 24.4 Å². The minimum atomic E-state index is -4.61. The van der Waals surface area contributed by atoms with Gasteiger partial charge >= 0.3 is 6.18 Å². The molecule has 0 saturated carbocycles. The second kappa shape index (κ2) is 9.40. The molecule has 2 aromatic carbocycles. The quantitative estimate of drug-likeness (QED) is 0.344. The predicted molar refractivity (Wildman–Crippen MR) is 127 cm³/mol. The molecule has 2 N–H and O–H groups in total. The van der Waals surface area contributed by atoms with Gasteiger partial charge in [-0.1, -0.05) is 0 Å². The molecule has 1 aliphatic rings. The third kappa shape index (κ3) is 4.82. The summed E-state index contributed by atoms with van der Waals surface area (Å²) in [6, 6.07) is 9.42. The summed E-state index contributed by atoms with van der Waals surface area (Å²) in [5, 5.41) is 12.6. The SMILES string of the molecule is O=C(NCc1ccnc(-c2ccc(C(F)(F)F)cc2O)c1)[C@@H]1CCN1S(=O)(=O)c1cc2cc(F)ccc2o1. The largest absolute Gasteiger partial charge is 0.507 e. The number of rotatable bonds is 6. The van der Waals surface area contributed by atoms with Crippen molar-refractivity contribution in [1.82, 2.24) is 14.6 Å². The van der Waals surface area contributed by atoms with Gasteiger partial charge in [0.2, 0.25) is 11.0 Å². The number of aromatic hydroxyl groups is 1. The zero-order valence-electron chi connectivity index (χ0n) is 19.4. The average Bonchev–Trinajstić information content (AvgIpc) is 3.25. The molecule has 3 heterocycles. The van der Waals surface area contributed by atoms with Gasteiger partial charge in [-0.3, -0.25) is 9.78 Å². The Morgan fingerprint density at radius 1 is 1.13 bits per heavy atom. The van der Waals surface area contributed by atoms with Gasteiger partial charge in [0.25, 0.3) is 10.0 Å². The molecular formula is C25H19F4N3O5S. The van der Waals surface area contributed by atoms with E-state index in [2.05, 4.69) is 10.3 Å². The van der Waals surface area contributed by atoms with Gasteiger partial charge in [-0.25, -0.2) is 12.8 Å². The Hall–Kier alpha value is -3.97. The van der Waals surface area contributed by atoms with Crippen molar-refractivity contribution in [3.05, 3.63) is 77.7 Å². The van der Waals surface area contributed by atoms with Gasteiger partial charge < -0.3 is 14.8 Å². The molecule has 1 aliphatic heterocycles. The number of alkyl halides is 3. The number of halogens is 4. The van der Waals surface area contributed by atoms with E-state index >= 15 is 0 Å². The number of benzene rings is 2. The van der Waals surface area contributed by atoms with Crippen molar-refractivity contribution in [3.8, 4) is 17.0 Å². The van der Waals surface area contributed by atoms with Crippen molar-refractivity contribution in [2.75, 3.05) is 6.54 Å². The molecule has 0 aliphatic carbocycles. The minimum absolute atomic E-state index is 0.0238. The lowest BCUT2D eigenvalue weighted by molar-refractivity contribution is -0.137. The Morgan fingerprint density at radius 3 is 2.61 bits per heavy atom. The Bertz CT molecular complexity index is 1650. The molecular weight excluding hydrogens is 530 g/mol. The Kier molecular flexibility index (Phi) is 6.35. The third-order valence-corrected chi connectivity index (χ3v) is 7.95. The number of pyridine rings is 1. The van der Waals surface area contributed by atoms with E-state index in [4.69, 9.17) is 4.42 Å². The number of sulfonamides is 1. The van der Waals surface area contributed by atoms with Crippen molar-refractivity contribution < 1.29 is 40.3 Å². The van der Waals surface area contributed by atoms with Gasteiger partial charge in [-0.15, -0.1) is 0 Å². The van der Waals surface area contributed by atoms with E-state index in [0.29, 0.717) is 11.6 Å². The van der Waals surface area contributed by atoms with Crippen LogP contribution in [0.1, 0.15) is 17.5 Å².